The van der Waals surface area contributed by atoms with Gasteiger partial charge in [0.1, 0.15) is 6.10 Å². The quantitative estimate of drug-likeness (QED) is 0.0781. The molecule has 2 aliphatic rings. The molecule has 0 saturated heterocycles. The van der Waals surface area contributed by atoms with Gasteiger partial charge in [-0.25, -0.2) is 18.8 Å². The Morgan fingerprint density at radius 1 is 0.721 bits per heavy atom. The first-order valence-corrected chi connectivity index (χ1v) is 15.7. The van der Waals surface area contributed by atoms with Gasteiger partial charge in [0.2, 0.25) is 5.82 Å². The van der Waals surface area contributed by atoms with E-state index in [0.29, 0.717) is 31.3 Å². The molecule has 9 heteroatoms. The minimum atomic E-state index is -1.27. The van der Waals surface area contributed by atoms with Crippen molar-refractivity contribution >= 4 is 17.9 Å². The topological polar surface area (TPSA) is 88.1 Å². The van der Waals surface area contributed by atoms with Crippen LogP contribution in [0.15, 0.2) is 37.4 Å². The van der Waals surface area contributed by atoms with Crippen LogP contribution in [0.1, 0.15) is 100 Å². The summed E-state index contributed by atoms with van der Waals surface area (Å²) in [7, 11) is 0. The summed E-state index contributed by atoms with van der Waals surface area (Å²) < 4.78 is 50.0. The van der Waals surface area contributed by atoms with Crippen molar-refractivity contribution in [2.45, 2.75) is 96.0 Å². The fraction of sp³-hybridized carbons (Fsp3) is 0.618. The third kappa shape index (κ3) is 11.4. The van der Waals surface area contributed by atoms with Crippen LogP contribution in [0.2, 0.25) is 0 Å². The number of ether oxygens (including phenoxy) is 4. The third-order valence-corrected chi connectivity index (χ3v) is 8.69. The molecule has 0 atom stereocenters. The Morgan fingerprint density at radius 3 is 1.88 bits per heavy atom. The Kier molecular flexibility index (Phi) is 14.7. The smallest absolute Gasteiger partial charge is 0.341 e. The largest absolute Gasteiger partial charge is 0.490 e. The molecule has 1 aromatic carbocycles. The third-order valence-electron chi connectivity index (χ3n) is 8.69. The van der Waals surface area contributed by atoms with Crippen molar-refractivity contribution in [2.75, 3.05) is 19.8 Å². The number of carbonyl (C=O) groups excluding carboxylic acids is 3. The second-order valence-electron chi connectivity index (χ2n) is 11.6. The molecule has 0 radical (unpaired) electrons. The molecule has 0 unspecified atom stereocenters. The highest BCUT2D eigenvalue weighted by molar-refractivity contribution is 5.90. The SMILES string of the molecule is C=CC(=O)OCCCCCC1CCC(C2CCC(OC(=O)c3ccc(OCCCCOC(=O)C=C)c(F)c3F)CC2)CC1. The van der Waals surface area contributed by atoms with Crippen molar-refractivity contribution in [1.82, 2.24) is 0 Å². The normalized spacial score (nSPS) is 21.8. The number of benzene rings is 1. The summed E-state index contributed by atoms with van der Waals surface area (Å²) in [6, 6.07) is 2.44. The zero-order chi connectivity index (χ0) is 31.0. The summed E-state index contributed by atoms with van der Waals surface area (Å²) in [6.07, 6.45) is 15.7. The van der Waals surface area contributed by atoms with E-state index in [-0.39, 0.29) is 31.0 Å². The fourth-order valence-corrected chi connectivity index (χ4v) is 6.20. The Morgan fingerprint density at radius 2 is 1.28 bits per heavy atom. The van der Waals surface area contributed by atoms with Crippen molar-refractivity contribution in [3.05, 3.63) is 54.6 Å². The summed E-state index contributed by atoms with van der Waals surface area (Å²) in [6.45, 7) is 7.45. The molecule has 3 rings (SSSR count). The molecule has 0 spiro atoms. The van der Waals surface area contributed by atoms with Gasteiger partial charge in [-0.1, -0.05) is 45.3 Å². The number of hydrogen-bond donors (Lipinski definition) is 0. The van der Waals surface area contributed by atoms with E-state index in [1.165, 1.54) is 50.3 Å². The van der Waals surface area contributed by atoms with Crippen LogP contribution in [0.5, 0.6) is 5.75 Å². The van der Waals surface area contributed by atoms with E-state index in [2.05, 4.69) is 13.2 Å². The second kappa shape index (κ2) is 18.4. The highest BCUT2D eigenvalue weighted by Crippen LogP contribution is 2.41. The van der Waals surface area contributed by atoms with E-state index in [1.54, 1.807) is 0 Å². The Balaban J connectivity index is 1.32. The zero-order valence-corrected chi connectivity index (χ0v) is 25.2. The van der Waals surface area contributed by atoms with Crippen molar-refractivity contribution in [3.63, 3.8) is 0 Å². The summed E-state index contributed by atoms with van der Waals surface area (Å²) in [4.78, 5) is 34.8. The van der Waals surface area contributed by atoms with E-state index in [4.69, 9.17) is 18.9 Å². The number of esters is 3. The average molecular weight is 605 g/mol. The minimum Gasteiger partial charge on any atom is -0.490 e. The highest BCUT2D eigenvalue weighted by atomic mass is 19.2. The van der Waals surface area contributed by atoms with Gasteiger partial charge >= 0.3 is 17.9 Å². The molecule has 0 aromatic heterocycles. The lowest BCUT2D eigenvalue weighted by Gasteiger charge is -2.37. The first-order chi connectivity index (χ1) is 20.8. The lowest BCUT2D eigenvalue weighted by Crippen LogP contribution is -2.30. The van der Waals surface area contributed by atoms with Gasteiger partial charge in [-0.15, -0.1) is 0 Å². The summed E-state index contributed by atoms with van der Waals surface area (Å²) >= 11 is 0. The Bertz CT molecular complexity index is 1070. The van der Waals surface area contributed by atoms with E-state index < -0.39 is 29.1 Å². The number of carbonyl (C=O) groups is 3. The molecule has 0 aliphatic heterocycles. The van der Waals surface area contributed by atoms with E-state index in [1.807, 2.05) is 0 Å². The minimum absolute atomic E-state index is 0.104. The molecule has 0 heterocycles. The number of rotatable bonds is 17. The van der Waals surface area contributed by atoms with Gasteiger partial charge in [-0.2, -0.15) is 4.39 Å². The van der Waals surface area contributed by atoms with Crippen molar-refractivity contribution in [1.29, 1.82) is 0 Å². The first-order valence-electron chi connectivity index (χ1n) is 15.7. The van der Waals surface area contributed by atoms with Crippen LogP contribution < -0.4 is 4.74 Å². The maximum absolute atomic E-state index is 14.7. The fourth-order valence-electron chi connectivity index (χ4n) is 6.20. The summed E-state index contributed by atoms with van der Waals surface area (Å²) in [5, 5.41) is 0. The van der Waals surface area contributed by atoms with Crippen molar-refractivity contribution < 1.29 is 42.1 Å². The van der Waals surface area contributed by atoms with Crippen LogP contribution in [-0.2, 0) is 23.8 Å². The molecular formula is C34H46F2O7. The molecule has 7 nitrogen and oxygen atoms in total. The predicted molar refractivity (Wildman–Crippen MR) is 158 cm³/mol. The number of halogens is 2. The molecule has 43 heavy (non-hydrogen) atoms. The van der Waals surface area contributed by atoms with Gasteiger partial charge in [-0.3, -0.25) is 0 Å². The van der Waals surface area contributed by atoms with Crippen molar-refractivity contribution in [3.8, 4) is 5.75 Å². The molecule has 2 saturated carbocycles. The van der Waals surface area contributed by atoms with E-state index in [9.17, 15) is 23.2 Å². The summed E-state index contributed by atoms with van der Waals surface area (Å²) in [5.74, 6) is -2.41. The average Bonchev–Trinajstić information content (AvgIpc) is 3.02. The van der Waals surface area contributed by atoms with Gasteiger partial charge in [0.15, 0.2) is 11.6 Å². The lowest BCUT2D eigenvalue weighted by atomic mass is 9.70. The Labute approximate surface area is 254 Å². The van der Waals surface area contributed by atoms with Crippen LogP contribution in [0, 0.1) is 29.4 Å². The lowest BCUT2D eigenvalue weighted by molar-refractivity contribution is -0.138. The van der Waals surface area contributed by atoms with Gasteiger partial charge in [0.05, 0.1) is 25.4 Å². The van der Waals surface area contributed by atoms with Gasteiger partial charge in [-0.05, 0) is 87.7 Å². The molecule has 2 aliphatic carbocycles. The van der Waals surface area contributed by atoms with Crippen LogP contribution >= 0.6 is 0 Å². The highest BCUT2D eigenvalue weighted by Gasteiger charge is 2.32. The zero-order valence-electron chi connectivity index (χ0n) is 25.2. The first kappa shape index (κ1) is 34.3. The molecule has 238 valence electrons. The standard InChI is InChI=1S/C34H46F2O7/c1-3-30(37)41-22-7-5-6-10-24-11-13-25(14-12-24)26-15-17-27(18-16-26)43-34(39)28-19-20-29(33(36)32(28)35)40-21-8-9-23-42-31(38)4-2/h3-4,19-20,24-27H,1-2,5-18,21-23H2. The monoisotopic (exact) mass is 604 g/mol. The van der Waals surface area contributed by atoms with Gasteiger partial charge in [0, 0.05) is 12.2 Å². The van der Waals surface area contributed by atoms with Gasteiger partial charge in [0.25, 0.3) is 0 Å². The summed E-state index contributed by atoms with van der Waals surface area (Å²) in [5.41, 5.74) is -0.431. The maximum atomic E-state index is 14.7. The van der Waals surface area contributed by atoms with Crippen LogP contribution in [0.4, 0.5) is 8.78 Å². The molecule has 0 bridgehead atoms. The number of hydrogen-bond acceptors (Lipinski definition) is 7. The van der Waals surface area contributed by atoms with Crippen LogP contribution in [-0.4, -0.2) is 43.8 Å². The molecule has 1 aromatic rings. The molecule has 0 amide bonds. The number of unbranched alkanes of at least 4 members (excludes halogenated alkanes) is 3. The maximum Gasteiger partial charge on any atom is 0.341 e. The van der Waals surface area contributed by atoms with E-state index >= 15 is 0 Å². The van der Waals surface area contributed by atoms with Crippen molar-refractivity contribution in [2.24, 2.45) is 17.8 Å². The molecular weight excluding hydrogens is 558 g/mol. The molecule has 2 fully saturated rings. The van der Waals surface area contributed by atoms with Crippen LogP contribution in [0.3, 0.4) is 0 Å². The van der Waals surface area contributed by atoms with Crippen LogP contribution in [0.25, 0.3) is 0 Å². The van der Waals surface area contributed by atoms with E-state index in [0.717, 1.165) is 56.9 Å². The predicted octanol–water partition coefficient (Wildman–Crippen LogP) is 7.66. The molecule has 0 N–H and O–H groups in total. The Hall–Kier alpha value is -3.23. The van der Waals surface area contributed by atoms with Gasteiger partial charge < -0.3 is 18.9 Å². The second-order valence-corrected chi connectivity index (χ2v) is 11.6.